The van der Waals surface area contributed by atoms with E-state index in [0.29, 0.717) is 49.0 Å². The lowest BCUT2D eigenvalue weighted by molar-refractivity contribution is -0.146. The van der Waals surface area contributed by atoms with E-state index in [1.807, 2.05) is 20.8 Å². The van der Waals surface area contributed by atoms with Crippen molar-refractivity contribution in [3.63, 3.8) is 0 Å². The van der Waals surface area contributed by atoms with Crippen molar-refractivity contribution in [2.24, 2.45) is 5.92 Å². The Labute approximate surface area is 174 Å². The van der Waals surface area contributed by atoms with E-state index in [0.717, 1.165) is 0 Å². The fraction of sp³-hybridized carbons (Fsp3) is 0.647. The number of anilines is 2. The molecule has 11 nitrogen and oxygen atoms in total. The van der Waals surface area contributed by atoms with E-state index in [1.54, 1.807) is 16.2 Å². The smallest absolute Gasteiger partial charge is 0.310 e. The van der Waals surface area contributed by atoms with E-state index < -0.39 is 0 Å². The maximum absolute atomic E-state index is 12.6. The lowest BCUT2D eigenvalue weighted by Crippen LogP contribution is -2.38. The second kappa shape index (κ2) is 10.8. The van der Waals surface area contributed by atoms with Gasteiger partial charge in [0.25, 0.3) is 5.78 Å². The Morgan fingerprint density at radius 2 is 1.90 bits per heavy atom. The van der Waals surface area contributed by atoms with Crippen LogP contribution in [0.1, 0.15) is 27.7 Å². The SMILES string of the molecule is CCNc1nc(NCC)n2c(SCC(=O)N(CC)CC(C)C(=O)OC)nnc2n1. The third kappa shape index (κ3) is 5.68. The van der Waals surface area contributed by atoms with Crippen LogP contribution in [0.15, 0.2) is 5.16 Å². The first-order valence-corrected chi connectivity index (χ1v) is 10.5. The molecule has 0 aliphatic heterocycles. The normalized spacial score (nSPS) is 11.9. The van der Waals surface area contributed by atoms with Gasteiger partial charge in [0, 0.05) is 26.2 Å². The molecule has 0 bridgehead atoms. The molecule has 12 heteroatoms. The molecule has 0 radical (unpaired) electrons. The number of hydrogen-bond acceptors (Lipinski definition) is 10. The quantitative estimate of drug-likeness (QED) is 0.400. The van der Waals surface area contributed by atoms with Crippen molar-refractivity contribution in [3.8, 4) is 0 Å². The van der Waals surface area contributed by atoms with Crippen LogP contribution in [-0.4, -0.2) is 80.4 Å². The van der Waals surface area contributed by atoms with E-state index in [-0.39, 0.29) is 23.5 Å². The molecule has 0 aliphatic rings. The van der Waals surface area contributed by atoms with E-state index in [1.165, 1.54) is 18.9 Å². The summed E-state index contributed by atoms with van der Waals surface area (Å²) in [5.41, 5.74) is 0. The molecule has 0 spiro atoms. The van der Waals surface area contributed by atoms with Crippen LogP contribution in [-0.2, 0) is 14.3 Å². The van der Waals surface area contributed by atoms with Crippen molar-refractivity contribution in [2.75, 3.05) is 49.7 Å². The van der Waals surface area contributed by atoms with Crippen molar-refractivity contribution in [1.82, 2.24) is 29.5 Å². The van der Waals surface area contributed by atoms with Crippen molar-refractivity contribution < 1.29 is 14.3 Å². The van der Waals surface area contributed by atoms with Crippen molar-refractivity contribution >= 4 is 41.3 Å². The molecule has 2 aromatic heterocycles. The summed E-state index contributed by atoms with van der Waals surface area (Å²) >= 11 is 1.25. The predicted molar refractivity (Wildman–Crippen MR) is 111 cm³/mol. The average molecular weight is 425 g/mol. The summed E-state index contributed by atoms with van der Waals surface area (Å²) < 4.78 is 6.43. The lowest BCUT2D eigenvalue weighted by Gasteiger charge is -2.23. The number of thioether (sulfide) groups is 1. The highest BCUT2D eigenvalue weighted by Crippen LogP contribution is 2.21. The summed E-state index contributed by atoms with van der Waals surface area (Å²) in [5.74, 6) is 0.749. The van der Waals surface area contributed by atoms with Crippen LogP contribution in [0, 0.1) is 5.92 Å². The summed E-state index contributed by atoms with van der Waals surface area (Å²) in [4.78, 5) is 34.7. The minimum Gasteiger partial charge on any atom is -0.469 e. The molecule has 2 rings (SSSR count). The second-order valence-corrected chi connectivity index (χ2v) is 7.14. The molecule has 0 saturated heterocycles. The number of fused-ring (bicyclic) bond motifs is 1. The summed E-state index contributed by atoms with van der Waals surface area (Å²) in [6, 6.07) is 0. The number of ether oxygens (including phenoxy) is 1. The number of nitrogens with zero attached hydrogens (tertiary/aromatic N) is 6. The van der Waals surface area contributed by atoms with Crippen LogP contribution >= 0.6 is 11.8 Å². The van der Waals surface area contributed by atoms with Gasteiger partial charge in [-0.25, -0.2) is 4.40 Å². The van der Waals surface area contributed by atoms with Crippen LogP contribution in [0.5, 0.6) is 0 Å². The van der Waals surface area contributed by atoms with E-state index in [4.69, 9.17) is 4.74 Å². The fourth-order valence-corrected chi connectivity index (χ4v) is 3.46. The van der Waals surface area contributed by atoms with Crippen molar-refractivity contribution in [1.29, 1.82) is 0 Å². The monoisotopic (exact) mass is 424 g/mol. The maximum Gasteiger partial charge on any atom is 0.310 e. The number of aromatic nitrogens is 5. The highest BCUT2D eigenvalue weighted by atomic mass is 32.2. The molecule has 160 valence electrons. The predicted octanol–water partition coefficient (Wildman–Crippen LogP) is 1.13. The van der Waals surface area contributed by atoms with Gasteiger partial charge in [-0.3, -0.25) is 9.59 Å². The van der Waals surface area contributed by atoms with Crippen LogP contribution in [0.2, 0.25) is 0 Å². The zero-order chi connectivity index (χ0) is 21.4. The Bertz CT molecular complexity index is 843. The number of amides is 1. The largest absolute Gasteiger partial charge is 0.469 e. The summed E-state index contributed by atoms with van der Waals surface area (Å²) in [7, 11) is 1.34. The van der Waals surface area contributed by atoms with E-state index in [2.05, 4.69) is 30.8 Å². The number of carbonyl (C=O) groups is 2. The molecule has 1 amide bonds. The Morgan fingerprint density at radius 1 is 1.17 bits per heavy atom. The molecule has 1 atom stereocenters. The van der Waals surface area contributed by atoms with Crippen LogP contribution < -0.4 is 10.6 Å². The Morgan fingerprint density at radius 3 is 2.52 bits per heavy atom. The van der Waals surface area contributed by atoms with E-state index in [9.17, 15) is 9.59 Å². The Hall–Kier alpha value is -2.63. The molecule has 2 heterocycles. The highest BCUT2D eigenvalue weighted by Gasteiger charge is 2.22. The fourth-order valence-electron chi connectivity index (χ4n) is 2.63. The van der Waals surface area contributed by atoms with Gasteiger partial charge in [0.15, 0.2) is 5.16 Å². The van der Waals surface area contributed by atoms with Gasteiger partial charge >= 0.3 is 5.97 Å². The first kappa shape index (κ1) is 22.7. The highest BCUT2D eigenvalue weighted by molar-refractivity contribution is 7.99. The average Bonchev–Trinajstić information content (AvgIpc) is 3.13. The third-order valence-corrected chi connectivity index (χ3v) is 4.99. The number of methoxy groups -OCH3 is 1. The molecule has 1 unspecified atom stereocenters. The Balaban J connectivity index is 2.14. The van der Waals surface area contributed by atoms with Gasteiger partial charge in [-0.2, -0.15) is 9.97 Å². The van der Waals surface area contributed by atoms with Crippen LogP contribution in [0.25, 0.3) is 5.78 Å². The molecular weight excluding hydrogens is 396 g/mol. The molecule has 2 aromatic rings. The lowest BCUT2D eigenvalue weighted by atomic mass is 10.1. The molecule has 0 fully saturated rings. The van der Waals surface area contributed by atoms with Gasteiger partial charge in [0.05, 0.1) is 18.8 Å². The van der Waals surface area contributed by atoms with Gasteiger partial charge in [0.1, 0.15) is 0 Å². The van der Waals surface area contributed by atoms with Gasteiger partial charge in [-0.1, -0.05) is 18.7 Å². The number of nitrogens with one attached hydrogen (secondary N) is 2. The van der Waals surface area contributed by atoms with Crippen LogP contribution in [0.3, 0.4) is 0 Å². The first-order chi connectivity index (χ1) is 13.9. The molecular formula is C17H28N8O3S. The first-order valence-electron chi connectivity index (χ1n) is 9.54. The van der Waals surface area contributed by atoms with E-state index >= 15 is 0 Å². The minimum atomic E-state index is -0.388. The van der Waals surface area contributed by atoms with Gasteiger partial charge in [-0.15, -0.1) is 10.2 Å². The van der Waals surface area contributed by atoms with Gasteiger partial charge in [0.2, 0.25) is 17.8 Å². The zero-order valence-electron chi connectivity index (χ0n) is 17.4. The standard InChI is InChI=1S/C17H28N8O3S/c1-6-18-14-20-15(19-7-2)25-16(21-14)22-23-17(25)29-10-12(26)24(8-3)9-11(4)13(27)28-5/h11H,6-10H2,1-5H3,(H2,18,19,20,21,22). The number of rotatable bonds is 11. The minimum absolute atomic E-state index is 0.0970. The summed E-state index contributed by atoms with van der Waals surface area (Å²) in [6.07, 6.45) is 0. The summed E-state index contributed by atoms with van der Waals surface area (Å²) in [5, 5.41) is 15.0. The zero-order valence-corrected chi connectivity index (χ0v) is 18.2. The number of carbonyl (C=O) groups excluding carboxylic acids is 2. The van der Waals surface area contributed by atoms with Gasteiger partial charge in [-0.05, 0) is 20.8 Å². The van der Waals surface area contributed by atoms with Crippen molar-refractivity contribution in [3.05, 3.63) is 0 Å². The molecule has 0 saturated carbocycles. The van der Waals surface area contributed by atoms with Crippen molar-refractivity contribution in [2.45, 2.75) is 32.9 Å². The summed E-state index contributed by atoms with van der Waals surface area (Å²) in [6.45, 7) is 9.68. The second-order valence-electron chi connectivity index (χ2n) is 6.19. The third-order valence-electron chi connectivity index (χ3n) is 4.07. The van der Waals surface area contributed by atoms with Gasteiger partial charge < -0.3 is 20.3 Å². The topological polar surface area (TPSA) is 127 Å². The molecule has 2 N–H and O–H groups in total. The molecule has 0 aliphatic carbocycles. The maximum atomic E-state index is 12.6. The molecule has 29 heavy (non-hydrogen) atoms. The number of esters is 1. The Kier molecular flexibility index (Phi) is 8.43. The number of hydrogen-bond donors (Lipinski definition) is 2. The molecule has 0 aromatic carbocycles. The van der Waals surface area contributed by atoms with Crippen LogP contribution in [0.4, 0.5) is 11.9 Å².